The van der Waals surface area contributed by atoms with Crippen molar-refractivity contribution in [3.05, 3.63) is 60.4 Å². The summed E-state index contributed by atoms with van der Waals surface area (Å²) in [5.74, 6) is -0.843. The Hall–Kier alpha value is -2.88. The molecule has 0 bridgehead atoms. The van der Waals surface area contributed by atoms with E-state index >= 15 is 0 Å². The third kappa shape index (κ3) is 2.43. The number of carbonyl (C=O) groups excluding carboxylic acids is 1. The lowest BCUT2D eigenvalue weighted by Gasteiger charge is -2.06. The van der Waals surface area contributed by atoms with Crippen molar-refractivity contribution >= 4 is 16.7 Å². The molecule has 3 rings (SSSR count). The molecule has 0 spiro atoms. The van der Waals surface area contributed by atoms with E-state index in [0.29, 0.717) is 0 Å². The molecule has 2 aromatic carbocycles. The van der Waals surface area contributed by atoms with E-state index in [2.05, 4.69) is 9.72 Å². The second-order valence-corrected chi connectivity index (χ2v) is 4.65. The van der Waals surface area contributed by atoms with Crippen LogP contribution in [0.15, 0.2) is 54.7 Å². The van der Waals surface area contributed by atoms with E-state index < -0.39 is 5.97 Å². The monoisotopic (exact) mass is 279 g/mol. The normalized spacial score (nSPS) is 10.5. The van der Waals surface area contributed by atoms with E-state index in [4.69, 9.17) is 0 Å². The first-order valence-electron chi connectivity index (χ1n) is 6.45. The van der Waals surface area contributed by atoms with Crippen molar-refractivity contribution in [2.45, 2.75) is 0 Å². The van der Waals surface area contributed by atoms with E-state index in [1.807, 2.05) is 42.5 Å². The third-order valence-electron chi connectivity index (χ3n) is 3.33. The molecule has 3 aromatic rings. The zero-order valence-corrected chi connectivity index (χ0v) is 11.4. The summed E-state index contributed by atoms with van der Waals surface area (Å²) in [4.78, 5) is 15.4. The molecule has 104 valence electrons. The van der Waals surface area contributed by atoms with E-state index in [-0.39, 0.29) is 11.4 Å². The van der Waals surface area contributed by atoms with Crippen molar-refractivity contribution < 1.29 is 14.6 Å². The Labute approximate surface area is 121 Å². The number of aromatic nitrogens is 1. The van der Waals surface area contributed by atoms with E-state index in [1.165, 1.54) is 13.2 Å². The van der Waals surface area contributed by atoms with Gasteiger partial charge in [0.05, 0.1) is 7.11 Å². The standard InChI is InChI=1S/C17H13NO3/c1-21-17(20)16-15(19)9-14(10-18-16)13-7-6-11-4-2-3-5-12(11)8-13/h2-10,19H,1H3. The van der Waals surface area contributed by atoms with Gasteiger partial charge in [0.2, 0.25) is 0 Å². The van der Waals surface area contributed by atoms with Crippen molar-refractivity contribution in [1.82, 2.24) is 4.98 Å². The number of rotatable bonds is 2. The largest absolute Gasteiger partial charge is 0.505 e. The van der Waals surface area contributed by atoms with Crippen molar-refractivity contribution in [2.75, 3.05) is 7.11 Å². The molecule has 0 aliphatic carbocycles. The van der Waals surface area contributed by atoms with E-state index in [1.54, 1.807) is 6.20 Å². The summed E-state index contributed by atoms with van der Waals surface area (Å²) in [7, 11) is 1.25. The van der Waals surface area contributed by atoms with Gasteiger partial charge in [-0.3, -0.25) is 0 Å². The van der Waals surface area contributed by atoms with Crippen LogP contribution in [0.3, 0.4) is 0 Å². The zero-order chi connectivity index (χ0) is 14.8. The molecule has 21 heavy (non-hydrogen) atoms. The molecule has 0 radical (unpaired) electrons. The highest BCUT2D eigenvalue weighted by Gasteiger charge is 2.14. The first-order valence-corrected chi connectivity index (χ1v) is 6.45. The first kappa shape index (κ1) is 13.1. The molecule has 0 amide bonds. The number of carbonyl (C=O) groups is 1. The highest BCUT2D eigenvalue weighted by Crippen LogP contribution is 2.27. The molecule has 4 heteroatoms. The highest BCUT2D eigenvalue weighted by atomic mass is 16.5. The predicted molar refractivity (Wildman–Crippen MR) is 80.2 cm³/mol. The van der Waals surface area contributed by atoms with Crippen molar-refractivity contribution in [2.24, 2.45) is 0 Å². The van der Waals surface area contributed by atoms with Gasteiger partial charge in [-0.25, -0.2) is 9.78 Å². The molecule has 0 atom stereocenters. The number of aromatic hydroxyl groups is 1. The first-order chi connectivity index (χ1) is 10.2. The Morgan fingerprint density at radius 3 is 2.52 bits per heavy atom. The van der Waals surface area contributed by atoms with Gasteiger partial charge in [-0.15, -0.1) is 0 Å². The number of pyridine rings is 1. The fraction of sp³-hybridized carbons (Fsp3) is 0.0588. The minimum Gasteiger partial charge on any atom is -0.505 e. The fourth-order valence-corrected chi connectivity index (χ4v) is 2.23. The Bertz CT molecular complexity index is 827. The van der Waals surface area contributed by atoms with Gasteiger partial charge in [0.1, 0.15) is 5.75 Å². The maximum atomic E-state index is 11.4. The SMILES string of the molecule is COC(=O)c1ncc(-c2ccc3ccccc3c2)cc1O. The molecule has 1 N–H and O–H groups in total. The predicted octanol–water partition coefficient (Wildman–Crippen LogP) is 3.39. The van der Waals surface area contributed by atoms with Gasteiger partial charge in [0, 0.05) is 11.8 Å². The summed E-state index contributed by atoms with van der Waals surface area (Å²) >= 11 is 0. The topological polar surface area (TPSA) is 59.4 Å². The number of hydrogen-bond donors (Lipinski definition) is 1. The van der Waals surface area contributed by atoms with Crippen LogP contribution in [-0.4, -0.2) is 23.2 Å². The lowest BCUT2D eigenvalue weighted by molar-refractivity contribution is 0.0590. The average Bonchev–Trinajstić information content (AvgIpc) is 2.53. The van der Waals surface area contributed by atoms with Gasteiger partial charge in [-0.05, 0) is 28.5 Å². The molecule has 1 aromatic heterocycles. The summed E-state index contributed by atoms with van der Waals surface area (Å²) in [6.07, 6.45) is 1.55. The van der Waals surface area contributed by atoms with Crippen LogP contribution >= 0.6 is 0 Å². The lowest BCUT2D eigenvalue weighted by Crippen LogP contribution is -2.04. The summed E-state index contributed by atoms with van der Waals surface area (Å²) in [6.45, 7) is 0. The molecule has 0 fully saturated rings. The summed E-state index contributed by atoms with van der Waals surface area (Å²) in [5, 5.41) is 12.2. The minimum absolute atomic E-state index is 0.0814. The minimum atomic E-state index is -0.655. The maximum absolute atomic E-state index is 11.4. The summed E-state index contributed by atoms with van der Waals surface area (Å²) in [6, 6.07) is 15.5. The van der Waals surface area contributed by atoms with Crippen LogP contribution in [0.2, 0.25) is 0 Å². The number of methoxy groups -OCH3 is 1. The van der Waals surface area contributed by atoms with Gasteiger partial charge in [-0.1, -0.05) is 36.4 Å². The van der Waals surface area contributed by atoms with Gasteiger partial charge in [0.15, 0.2) is 5.69 Å². The van der Waals surface area contributed by atoms with Crippen LogP contribution in [0.1, 0.15) is 10.5 Å². The summed E-state index contributed by atoms with van der Waals surface area (Å²) in [5.41, 5.74) is 1.58. The molecule has 0 aliphatic rings. The maximum Gasteiger partial charge on any atom is 0.360 e. The van der Waals surface area contributed by atoms with Crippen molar-refractivity contribution in [1.29, 1.82) is 0 Å². The van der Waals surface area contributed by atoms with Crippen LogP contribution in [-0.2, 0) is 4.74 Å². The number of nitrogens with zero attached hydrogens (tertiary/aromatic N) is 1. The number of ether oxygens (including phenoxy) is 1. The van der Waals surface area contributed by atoms with E-state index in [9.17, 15) is 9.90 Å². The Morgan fingerprint density at radius 2 is 1.81 bits per heavy atom. The third-order valence-corrected chi connectivity index (χ3v) is 3.33. The Morgan fingerprint density at radius 1 is 1.05 bits per heavy atom. The molecular weight excluding hydrogens is 266 g/mol. The quantitative estimate of drug-likeness (QED) is 0.730. The Balaban J connectivity index is 2.06. The van der Waals surface area contributed by atoms with Crippen molar-refractivity contribution in [3.63, 3.8) is 0 Å². The van der Waals surface area contributed by atoms with Crippen LogP contribution in [0.5, 0.6) is 5.75 Å². The van der Waals surface area contributed by atoms with Crippen molar-refractivity contribution in [3.8, 4) is 16.9 Å². The second kappa shape index (κ2) is 5.25. The molecule has 0 saturated heterocycles. The number of fused-ring (bicyclic) bond motifs is 1. The van der Waals surface area contributed by atoms with Crippen LogP contribution in [0.25, 0.3) is 21.9 Å². The Kier molecular flexibility index (Phi) is 3.28. The van der Waals surface area contributed by atoms with E-state index in [0.717, 1.165) is 21.9 Å². The molecule has 0 unspecified atom stereocenters. The van der Waals surface area contributed by atoms with Gasteiger partial charge in [0.25, 0.3) is 0 Å². The van der Waals surface area contributed by atoms with Gasteiger partial charge >= 0.3 is 5.97 Å². The molecule has 4 nitrogen and oxygen atoms in total. The molecule has 0 saturated carbocycles. The number of benzene rings is 2. The van der Waals surface area contributed by atoms with Gasteiger partial charge in [-0.2, -0.15) is 0 Å². The molecular formula is C17H13NO3. The highest BCUT2D eigenvalue weighted by molar-refractivity contribution is 5.91. The number of esters is 1. The van der Waals surface area contributed by atoms with Crippen LogP contribution < -0.4 is 0 Å². The fourth-order valence-electron chi connectivity index (χ4n) is 2.23. The average molecular weight is 279 g/mol. The van der Waals surface area contributed by atoms with Gasteiger partial charge < -0.3 is 9.84 Å². The molecule has 1 heterocycles. The number of hydrogen-bond acceptors (Lipinski definition) is 4. The smallest absolute Gasteiger partial charge is 0.360 e. The lowest BCUT2D eigenvalue weighted by atomic mass is 10.0. The zero-order valence-electron chi connectivity index (χ0n) is 11.4. The molecule has 0 aliphatic heterocycles. The van der Waals surface area contributed by atoms with Crippen LogP contribution in [0.4, 0.5) is 0 Å². The summed E-state index contributed by atoms with van der Waals surface area (Å²) < 4.78 is 4.56. The van der Waals surface area contributed by atoms with Crippen LogP contribution in [0, 0.1) is 0 Å². The second-order valence-electron chi connectivity index (χ2n) is 4.65.